The molecule has 2 fully saturated rings. The van der Waals surface area contributed by atoms with Crippen LogP contribution in [0.4, 0.5) is 0 Å². The van der Waals surface area contributed by atoms with Crippen molar-refractivity contribution in [3.05, 3.63) is 48.3 Å². The number of rotatable bonds is 3. The first-order chi connectivity index (χ1) is 10.2. The molecule has 0 aromatic carbocycles. The van der Waals surface area contributed by atoms with Crippen molar-refractivity contribution in [2.75, 3.05) is 13.1 Å². The molecule has 21 heavy (non-hydrogen) atoms. The topological polar surface area (TPSA) is 75.7 Å². The number of amides is 2. The van der Waals surface area contributed by atoms with Crippen molar-refractivity contribution < 1.29 is 18.4 Å². The molecule has 2 amide bonds. The molecule has 0 bridgehead atoms. The summed E-state index contributed by atoms with van der Waals surface area (Å²) in [5.74, 6) is 0.391. The third-order valence-electron chi connectivity index (χ3n) is 4.31. The number of carbonyl (C=O) groups is 2. The molecule has 0 radical (unpaired) electrons. The number of fused-ring (bicyclic) bond motifs is 1. The Morgan fingerprint density at radius 1 is 1.33 bits per heavy atom. The van der Waals surface area contributed by atoms with Crippen LogP contribution in [0.25, 0.3) is 0 Å². The van der Waals surface area contributed by atoms with Gasteiger partial charge in [-0.1, -0.05) is 0 Å². The van der Waals surface area contributed by atoms with Gasteiger partial charge in [0, 0.05) is 19.0 Å². The third-order valence-corrected chi connectivity index (χ3v) is 4.31. The van der Waals surface area contributed by atoms with Crippen LogP contribution in [0.15, 0.2) is 45.8 Å². The van der Waals surface area contributed by atoms with Crippen LogP contribution in [0, 0.1) is 5.92 Å². The number of likely N-dealkylation sites (tertiary alicyclic amines) is 1. The van der Waals surface area contributed by atoms with Gasteiger partial charge in [-0.05, 0) is 24.6 Å². The molecule has 1 N–H and O–H groups in total. The lowest BCUT2D eigenvalue weighted by Gasteiger charge is -2.20. The summed E-state index contributed by atoms with van der Waals surface area (Å²) in [6.45, 7) is 1.19. The predicted octanol–water partition coefficient (Wildman–Crippen LogP) is 1.52. The highest BCUT2D eigenvalue weighted by atomic mass is 16.3. The minimum Gasteiger partial charge on any atom is -0.472 e. The summed E-state index contributed by atoms with van der Waals surface area (Å²) in [7, 11) is 0. The van der Waals surface area contributed by atoms with E-state index >= 15 is 0 Å². The Hall–Kier alpha value is -2.50. The molecular formula is C15H14N2O4. The van der Waals surface area contributed by atoms with Gasteiger partial charge in [0.05, 0.1) is 23.6 Å². The van der Waals surface area contributed by atoms with E-state index in [1.165, 1.54) is 18.8 Å². The van der Waals surface area contributed by atoms with E-state index in [2.05, 4.69) is 5.32 Å². The maximum Gasteiger partial charge on any atom is 0.289 e. The summed E-state index contributed by atoms with van der Waals surface area (Å²) >= 11 is 0. The second-order valence-corrected chi connectivity index (χ2v) is 5.69. The van der Waals surface area contributed by atoms with Crippen LogP contribution in [0.2, 0.25) is 0 Å². The molecule has 1 saturated carbocycles. The van der Waals surface area contributed by atoms with Gasteiger partial charge in [0.2, 0.25) is 0 Å². The van der Waals surface area contributed by atoms with E-state index < -0.39 is 0 Å². The lowest BCUT2D eigenvalue weighted by Crippen LogP contribution is -2.43. The Morgan fingerprint density at radius 2 is 2.24 bits per heavy atom. The van der Waals surface area contributed by atoms with Crippen LogP contribution < -0.4 is 5.32 Å². The average Bonchev–Trinajstić information content (AvgIpc) is 3.04. The summed E-state index contributed by atoms with van der Waals surface area (Å²) < 4.78 is 10.1. The molecule has 108 valence electrons. The predicted molar refractivity (Wildman–Crippen MR) is 71.6 cm³/mol. The number of furan rings is 2. The Bertz CT molecular complexity index is 677. The van der Waals surface area contributed by atoms with E-state index in [9.17, 15) is 9.59 Å². The minimum atomic E-state index is -0.281. The lowest BCUT2D eigenvalue weighted by atomic mass is 10.2. The zero-order valence-electron chi connectivity index (χ0n) is 11.2. The Kier molecular flexibility index (Phi) is 2.48. The monoisotopic (exact) mass is 286 g/mol. The van der Waals surface area contributed by atoms with Crippen molar-refractivity contribution in [2.45, 2.75) is 12.0 Å². The Morgan fingerprint density at radius 3 is 2.95 bits per heavy atom. The summed E-state index contributed by atoms with van der Waals surface area (Å²) in [6.07, 6.45) is 5.29. The average molecular weight is 286 g/mol. The smallest absolute Gasteiger partial charge is 0.289 e. The van der Waals surface area contributed by atoms with Crippen LogP contribution in [0.1, 0.15) is 27.3 Å². The number of piperidine rings is 1. The zero-order chi connectivity index (χ0) is 14.4. The van der Waals surface area contributed by atoms with Gasteiger partial charge in [-0.25, -0.2) is 0 Å². The molecule has 3 heterocycles. The van der Waals surface area contributed by atoms with E-state index in [4.69, 9.17) is 8.83 Å². The van der Waals surface area contributed by atoms with Gasteiger partial charge in [-0.2, -0.15) is 0 Å². The normalized spacial score (nSPS) is 26.5. The van der Waals surface area contributed by atoms with Gasteiger partial charge in [0.15, 0.2) is 5.76 Å². The van der Waals surface area contributed by atoms with Crippen molar-refractivity contribution in [2.24, 2.45) is 5.92 Å². The number of nitrogens with zero attached hydrogens (tertiary/aromatic N) is 1. The third kappa shape index (κ3) is 1.94. The summed E-state index contributed by atoms with van der Waals surface area (Å²) in [5.41, 5.74) is 0.224. The summed E-state index contributed by atoms with van der Waals surface area (Å²) in [4.78, 5) is 26.1. The van der Waals surface area contributed by atoms with E-state index in [0.717, 1.165) is 6.42 Å². The first-order valence-corrected chi connectivity index (χ1v) is 6.85. The number of carbonyl (C=O) groups excluding carboxylic acids is 2. The van der Waals surface area contributed by atoms with Gasteiger partial charge in [-0.15, -0.1) is 0 Å². The maximum absolute atomic E-state index is 12.2. The summed E-state index contributed by atoms with van der Waals surface area (Å²) in [5, 5.41) is 3.04. The molecular weight excluding hydrogens is 272 g/mol. The van der Waals surface area contributed by atoms with Gasteiger partial charge in [0.1, 0.15) is 6.26 Å². The van der Waals surface area contributed by atoms with Crippen molar-refractivity contribution >= 4 is 11.8 Å². The van der Waals surface area contributed by atoms with Crippen molar-refractivity contribution in [3.63, 3.8) is 0 Å². The van der Waals surface area contributed by atoms with Crippen LogP contribution in [-0.2, 0) is 0 Å². The fourth-order valence-corrected chi connectivity index (χ4v) is 3.08. The quantitative estimate of drug-likeness (QED) is 0.928. The molecule has 6 heteroatoms. The van der Waals surface area contributed by atoms with Gasteiger partial charge in [0.25, 0.3) is 11.8 Å². The zero-order valence-corrected chi connectivity index (χ0v) is 11.2. The largest absolute Gasteiger partial charge is 0.472 e. The molecule has 2 atom stereocenters. The van der Waals surface area contributed by atoms with E-state index in [0.29, 0.717) is 30.3 Å². The first-order valence-electron chi connectivity index (χ1n) is 6.85. The van der Waals surface area contributed by atoms with Crippen LogP contribution in [-0.4, -0.2) is 35.3 Å². The van der Waals surface area contributed by atoms with Crippen molar-refractivity contribution in [3.8, 4) is 0 Å². The SMILES string of the molecule is O=C(N[C@]12C[C@H]1CN(C(=O)c1ccco1)C2)c1ccoc1. The maximum atomic E-state index is 12.2. The lowest BCUT2D eigenvalue weighted by molar-refractivity contribution is 0.0730. The van der Waals surface area contributed by atoms with E-state index in [-0.39, 0.29) is 17.4 Å². The van der Waals surface area contributed by atoms with Crippen LogP contribution in [0.5, 0.6) is 0 Å². The standard InChI is InChI=1S/C15H14N2O4/c18-13(10-3-5-20-8-10)16-15-6-11(15)7-17(9-15)14(19)12-2-1-4-21-12/h1-5,8,11H,6-7,9H2,(H,16,18)/t11-,15-/m0/s1. The highest BCUT2D eigenvalue weighted by Gasteiger charge is 2.62. The molecule has 2 aromatic heterocycles. The first kappa shape index (κ1) is 12.3. The van der Waals surface area contributed by atoms with Crippen molar-refractivity contribution in [1.82, 2.24) is 10.2 Å². The Balaban J connectivity index is 1.45. The molecule has 1 saturated heterocycles. The fraction of sp³-hybridized carbons (Fsp3) is 0.333. The molecule has 4 rings (SSSR count). The molecule has 2 aliphatic rings. The number of hydrogen-bond acceptors (Lipinski definition) is 4. The molecule has 1 aliphatic carbocycles. The highest BCUT2D eigenvalue weighted by Crippen LogP contribution is 2.49. The van der Waals surface area contributed by atoms with Crippen molar-refractivity contribution in [1.29, 1.82) is 0 Å². The molecule has 0 unspecified atom stereocenters. The Labute approximate surface area is 120 Å². The second-order valence-electron chi connectivity index (χ2n) is 5.69. The number of hydrogen-bond donors (Lipinski definition) is 1. The van der Waals surface area contributed by atoms with Crippen LogP contribution in [0.3, 0.4) is 0 Å². The van der Waals surface area contributed by atoms with Gasteiger partial charge in [-0.3, -0.25) is 9.59 Å². The van der Waals surface area contributed by atoms with Crippen LogP contribution >= 0.6 is 0 Å². The fourth-order valence-electron chi connectivity index (χ4n) is 3.08. The number of nitrogens with one attached hydrogen (secondary N) is 1. The van der Waals surface area contributed by atoms with Gasteiger partial charge >= 0.3 is 0 Å². The minimum absolute atomic E-state index is 0.121. The highest BCUT2D eigenvalue weighted by molar-refractivity contribution is 5.95. The van der Waals surface area contributed by atoms with E-state index in [1.807, 2.05) is 0 Å². The summed E-state index contributed by atoms with van der Waals surface area (Å²) in [6, 6.07) is 4.98. The molecule has 1 aliphatic heterocycles. The molecule has 2 aromatic rings. The molecule has 6 nitrogen and oxygen atoms in total. The van der Waals surface area contributed by atoms with Gasteiger partial charge < -0.3 is 19.1 Å². The molecule has 0 spiro atoms. The second kappa shape index (κ2) is 4.25. The van der Waals surface area contributed by atoms with E-state index in [1.54, 1.807) is 23.1 Å².